The number of allylic oxidation sites excluding steroid dienone is 1. The van der Waals surface area contributed by atoms with E-state index >= 15 is 0 Å². The largest absolute Gasteiger partial charge is 0.306 e. The zero-order valence-electron chi connectivity index (χ0n) is 8.23. The standard InChI is InChI=1S/C12H11FN2/c1-10(13)8-11-2-4-12(5-3-11)15-7-6-14-9-15/h2-7,9H,1,8H2. The van der Waals surface area contributed by atoms with E-state index in [2.05, 4.69) is 11.6 Å². The van der Waals surface area contributed by atoms with Gasteiger partial charge in [-0.2, -0.15) is 0 Å². The summed E-state index contributed by atoms with van der Waals surface area (Å²) in [6.07, 6.45) is 5.59. The molecule has 1 aromatic heterocycles. The molecule has 0 atom stereocenters. The van der Waals surface area contributed by atoms with E-state index in [0.29, 0.717) is 0 Å². The number of rotatable bonds is 3. The summed E-state index contributed by atoms with van der Waals surface area (Å²) in [5, 5.41) is 0. The van der Waals surface area contributed by atoms with Crippen LogP contribution in [0.5, 0.6) is 0 Å². The second-order valence-corrected chi connectivity index (χ2v) is 3.33. The first-order valence-electron chi connectivity index (χ1n) is 4.66. The van der Waals surface area contributed by atoms with E-state index in [4.69, 9.17) is 0 Å². The van der Waals surface area contributed by atoms with Crippen molar-refractivity contribution in [1.82, 2.24) is 9.55 Å². The molecule has 0 saturated carbocycles. The lowest BCUT2D eigenvalue weighted by molar-refractivity contribution is 0.617. The van der Waals surface area contributed by atoms with Gasteiger partial charge in [0.25, 0.3) is 0 Å². The van der Waals surface area contributed by atoms with Crippen LogP contribution in [-0.4, -0.2) is 9.55 Å². The summed E-state index contributed by atoms with van der Waals surface area (Å²) < 4.78 is 14.4. The van der Waals surface area contributed by atoms with E-state index in [0.717, 1.165) is 11.3 Å². The van der Waals surface area contributed by atoms with E-state index in [-0.39, 0.29) is 12.2 Å². The maximum atomic E-state index is 12.6. The Labute approximate surface area is 87.7 Å². The van der Waals surface area contributed by atoms with Crippen molar-refractivity contribution < 1.29 is 4.39 Å². The Bertz CT molecular complexity index is 443. The number of hydrogen-bond donors (Lipinski definition) is 0. The lowest BCUT2D eigenvalue weighted by Crippen LogP contribution is -1.91. The van der Waals surface area contributed by atoms with Gasteiger partial charge in [-0.3, -0.25) is 0 Å². The molecule has 0 aliphatic heterocycles. The lowest BCUT2D eigenvalue weighted by Gasteiger charge is -2.03. The van der Waals surface area contributed by atoms with Crippen LogP contribution in [-0.2, 0) is 6.42 Å². The van der Waals surface area contributed by atoms with Crippen molar-refractivity contribution in [3.05, 3.63) is 61.0 Å². The first kappa shape index (κ1) is 9.65. The van der Waals surface area contributed by atoms with Gasteiger partial charge in [-0.1, -0.05) is 18.7 Å². The molecule has 0 saturated heterocycles. The molecule has 2 rings (SSSR count). The highest BCUT2D eigenvalue weighted by atomic mass is 19.1. The highest BCUT2D eigenvalue weighted by Gasteiger charge is 1.98. The molecule has 2 aromatic rings. The van der Waals surface area contributed by atoms with Gasteiger partial charge in [-0.05, 0) is 17.7 Å². The molecule has 0 N–H and O–H groups in total. The number of imidazole rings is 1. The minimum absolute atomic E-state index is 0.282. The summed E-state index contributed by atoms with van der Waals surface area (Å²) >= 11 is 0. The highest BCUT2D eigenvalue weighted by molar-refractivity contribution is 5.35. The first-order chi connectivity index (χ1) is 7.25. The summed E-state index contributed by atoms with van der Waals surface area (Å²) in [5.41, 5.74) is 1.94. The fourth-order valence-electron chi connectivity index (χ4n) is 1.42. The molecule has 0 radical (unpaired) electrons. The van der Waals surface area contributed by atoms with E-state index in [1.54, 1.807) is 12.5 Å². The van der Waals surface area contributed by atoms with Crippen LogP contribution >= 0.6 is 0 Å². The molecular weight excluding hydrogens is 191 g/mol. The van der Waals surface area contributed by atoms with Gasteiger partial charge in [0.05, 0.1) is 12.2 Å². The molecule has 0 unspecified atom stereocenters. The van der Waals surface area contributed by atoms with E-state index in [1.165, 1.54) is 0 Å². The van der Waals surface area contributed by atoms with Gasteiger partial charge >= 0.3 is 0 Å². The van der Waals surface area contributed by atoms with Crippen LogP contribution in [0, 0.1) is 0 Å². The van der Waals surface area contributed by atoms with Gasteiger partial charge in [0.1, 0.15) is 0 Å². The molecule has 15 heavy (non-hydrogen) atoms. The third-order valence-corrected chi connectivity index (χ3v) is 2.13. The van der Waals surface area contributed by atoms with Gasteiger partial charge in [-0.15, -0.1) is 0 Å². The second-order valence-electron chi connectivity index (χ2n) is 3.33. The van der Waals surface area contributed by atoms with Crippen LogP contribution in [0.1, 0.15) is 5.56 Å². The smallest absolute Gasteiger partial charge is 0.0991 e. The van der Waals surface area contributed by atoms with Crippen molar-refractivity contribution in [1.29, 1.82) is 0 Å². The maximum Gasteiger partial charge on any atom is 0.0991 e. The Morgan fingerprint density at radius 2 is 2.07 bits per heavy atom. The molecule has 1 aromatic carbocycles. The predicted molar refractivity (Wildman–Crippen MR) is 57.5 cm³/mol. The van der Waals surface area contributed by atoms with Crippen LogP contribution < -0.4 is 0 Å². The fraction of sp³-hybridized carbons (Fsp3) is 0.0833. The SMILES string of the molecule is C=C(F)Cc1ccc(-n2ccnc2)cc1. The second kappa shape index (κ2) is 4.09. The van der Waals surface area contributed by atoms with Gasteiger partial charge in [0.2, 0.25) is 0 Å². The van der Waals surface area contributed by atoms with Crippen molar-refractivity contribution in [2.75, 3.05) is 0 Å². The average molecular weight is 202 g/mol. The van der Waals surface area contributed by atoms with Gasteiger partial charge in [-0.25, -0.2) is 9.37 Å². The van der Waals surface area contributed by atoms with Crippen LogP contribution in [0.25, 0.3) is 5.69 Å². The number of halogens is 1. The van der Waals surface area contributed by atoms with Crippen LogP contribution in [0.2, 0.25) is 0 Å². The molecule has 3 heteroatoms. The average Bonchev–Trinajstić information content (AvgIpc) is 2.71. The Hall–Kier alpha value is -1.90. The molecule has 2 nitrogen and oxygen atoms in total. The van der Waals surface area contributed by atoms with Crippen molar-refractivity contribution in [2.45, 2.75) is 6.42 Å². The molecule has 0 amide bonds. The topological polar surface area (TPSA) is 17.8 Å². The van der Waals surface area contributed by atoms with Gasteiger partial charge in [0.15, 0.2) is 0 Å². The molecule has 1 heterocycles. The minimum Gasteiger partial charge on any atom is -0.306 e. The molecule has 0 spiro atoms. The zero-order chi connectivity index (χ0) is 10.7. The number of nitrogens with zero attached hydrogens (tertiary/aromatic N) is 2. The third-order valence-electron chi connectivity index (χ3n) is 2.13. The summed E-state index contributed by atoms with van der Waals surface area (Å²) in [7, 11) is 0. The minimum atomic E-state index is -0.314. The van der Waals surface area contributed by atoms with Gasteiger partial charge < -0.3 is 4.57 Å². The normalized spacial score (nSPS) is 10.2. The molecule has 0 aliphatic carbocycles. The first-order valence-corrected chi connectivity index (χ1v) is 4.66. The Morgan fingerprint density at radius 3 is 2.60 bits per heavy atom. The Kier molecular flexibility index (Phi) is 2.63. The van der Waals surface area contributed by atoms with Gasteiger partial charge in [0, 0.05) is 24.5 Å². The predicted octanol–water partition coefficient (Wildman–Crippen LogP) is 2.90. The summed E-state index contributed by atoms with van der Waals surface area (Å²) in [5.74, 6) is -0.314. The van der Waals surface area contributed by atoms with Crippen molar-refractivity contribution in [3.8, 4) is 5.69 Å². The van der Waals surface area contributed by atoms with Crippen molar-refractivity contribution in [3.63, 3.8) is 0 Å². The monoisotopic (exact) mass is 202 g/mol. The van der Waals surface area contributed by atoms with Crippen LogP contribution in [0.3, 0.4) is 0 Å². The number of aromatic nitrogens is 2. The fourth-order valence-corrected chi connectivity index (χ4v) is 1.42. The molecule has 0 fully saturated rings. The summed E-state index contributed by atoms with van der Waals surface area (Å²) in [6.45, 7) is 3.24. The quantitative estimate of drug-likeness (QED) is 0.748. The van der Waals surface area contributed by atoms with Crippen LogP contribution in [0.4, 0.5) is 4.39 Å². The summed E-state index contributed by atoms with van der Waals surface area (Å²) in [4.78, 5) is 3.96. The zero-order valence-corrected chi connectivity index (χ0v) is 8.23. The van der Waals surface area contributed by atoms with E-state index in [9.17, 15) is 4.39 Å². The summed E-state index contributed by atoms with van der Waals surface area (Å²) in [6, 6.07) is 7.64. The highest BCUT2D eigenvalue weighted by Crippen LogP contribution is 2.12. The van der Waals surface area contributed by atoms with E-state index < -0.39 is 0 Å². The lowest BCUT2D eigenvalue weighted by atomic mass is 10.1. The van der Waals surface area contributed by atoms with Crippen molar-refractivity contribution in [2.24, 2.45) is 0 Å². The third kappa shape index (κ3) is 2.31. The molecular formula is C12H11FN2. The maximum absolute atomic E-state index is 12.6. The molecule has 0 bridgehead atoms. The molecule has 0 aliphatic rings. The number of benzene rings is 1. The van der Waals surface area contributed by atoms with Crippen molar-refractivity contribution >= 4 is 0 Å². The number of hydrogen-bond acceptors (Lipinski definition) is 1. The Morgan fingerprint density at radius 1 is 1.33 bits per heavy atom. The van der Waals surface area contributed by atoms with E-state index in [1.807, 2.05) is 35.0 Å². The molecule has 76 valence electrons. The Balaban J connectivity index is 2.21. The van der Waals surface area contributed by atoms with Crippen LogP contribution in [0.15, 0.2) is 55.4 Å².